The van der Waals surface area contributed by atoms with Crippen LogP contribution in [0.5, 0.6) is 0 Å². The molecular formula is C18H15N5O4. The first-order chi connectivity index (χ1) is 13.0. The van der Waals surface area contributed by atoms with Crippen LogP contribution in [0.25, 0.3) is 33.7 Å². The van der Waals surface area contributed by atoms with Gasteiger partial charge in [-0.05, 0) is 24.4 Å². The van der Waals surface area contributed by atoms with Gasteiger partial charge in [-0.3, -0.25) is 14.6 Å². The molecule has 4 aromatic rings. The molecule has 0 saturated heterocycles. The van der Waals surface area contributed by atoms with Crippen LogP contribution in [0, 0.1) is 0 Å². The molecule has 4 rings (SSSR count). The fourth-order valence-corrected chi connectivity index (χ4v) is 2.90. The Bertz CT molecular complexity index is 1340. The molecule has 0 aliphatic carbocycles. The largest absolute Gasteiger partial charge is 0.332 e. The highest BCUT2D eigenvalue weighted by Gasteiger charge is 2.18. The molecule has 0 amide bonds. The molecule has 136 valence electrons. The number of rotatable bonds is 3. The average Bonchev–Trinajstić information content (AvgIpc) is 3.14. The van der Waals surface area contributed by atoms with Gasteiger partial charge in [0.1, 0.15) is 11.3 Å². The van der Waals surface area contributed by atoms with Crippen molar-refractivity contribution in [3.8, 4) is 23.0 Å². The average molecular weight is 365 g/mol. The highest BCUT2D eigenvalue weighted by atomic mass is 16.5. The highest BCUT2D eigenvalue weighted by Crippen LogP contribution is 2.22. The van der Waals surface area contributed by atoms with Gasteiger partial charge in [-0.1, -0.05) is 23.4 Å². The first kappa shape index (κ1) is 16.7. The molecule has 0 saturated carbocycles. The van der Waals surface area contributed by atoms with Crippen LogP contribution in [-0.2, 0) is 13.6 Å². The lowest BCUT2D eigenvalue weighted by atomic mass is 10.1. The maximum atomic E-state index is 12.6. The van der Waals surface area contributed by atoms with E-state index in [4.69, 9.17) is 4.52 Å². The summed E-state index contributed by atoms with van der Waals surface area (Å²) in [6.07, 6.45) is 1.38. The number of nitrogens with one attached hydrogen (secondary N) is 1. The van der Waals surface area contributed by atoms with Crippen molar-refractivity contribution in [2.24, 2.45) is 7.05 Å². The Morgan fingerprint density at radius 1 is 1.19 bits per heavy atom. The Morgan fingerprint density at radius 3 is 2.74 bits per heavy atom. The molecular weight excluding hydrogens is 350 g/mol. The molecule has 3 heterocycles. The number of aromatic nitrogens is 5. The first-order valence-electron chi connectivity index (χ1n) is 8.26. The van der Waals surface area contributed by atoms with Crippen LogP contribution in [-0.4, -0.2) is 24.3 Å². The van der Waals surface area contributed by atoms with Gasteiger partial charge in [0.25, 0.3) is 17.0 Å². The quantitative estimate of drug-likeness (QED) is 0.582. The van der Waals surface area contributed by atoms with E-state index in [1.54, 1.807) is 32.2 Å². The molecule has 0 bridgehead atoms. The molecule has 0 spiro atoms. The molecule has 9 nitrogen and oxygen atoms in total. The van der Waals surface area contributed by atoms with E-state index in [0.717, 1.165) is 5.39 Å². The number of hydrogen-bond donors (Lipinski definition) is 1. The molecule has 27 heavy (non-hydrogen) atoms. The standard InChI is InChI=1S/C18H15N5O4/c1-3-23-9-12(15(24)20-18(23)26)14-19-16(27-21-14)13-8-10-6-4-5-7-11(10)17(25)22(13)2/h4-9H,3H2,1-2H3,(H,20,24,26). The van der Waals surface area contributed by atoms with Crippen LogP contribution >= 0.6 is 0 Å². The number of H-pyrrole nitrogens is 1. The fraction of sp³-hybridized carbons (Fsp3) is 0.167. The molecule has 0 radical (unpaired) electrons. The maximum absolute atomic E-state index is 12.6. The van der Waals surface area contributed by atoms with Crippen molar-refractivity contribution in [1.82, 2.24) is 24.3 Å². The van der Waals surface area contributed by atoms with Gasteiger partial charge in [-0.2, -0.15) is 4.98 Å². The maximum Gasteiger partial charge on any atom is 0.328 e. The van der Waals surface area contributed by atoms with Crippen LogP contribution in [0.15, 0.2) is 55.4 Å². The highest BCUT2D eigenvalue weighted by molar-refractivity contribution is 5.84. The summed E-state index contributed by atoms with van der Waals surface area (Å²) in [5.41, 5.74) is -0.772. The van der Waals surface area contributed by atoms with Crippen molar-refractivity contribution in [2.75, 3.05) is 0 Å². The number of fused-ring (bicyclic) bond motifs is 1. The van der Waals surface area contributed by atoms with Gasteiger partial charge in [0.05, 0.1) is 0 Å². The van der Waals surface area contributed by atoms with Crippen LogP contribution in [0.4, 0.5) is 0 Å². The van der Waals surface area contributed by atoms with Gasteiger partial charge in [-0.15, -0.1) is 0 Å². The fourth-order valence-electron chi connectivity index (χ4n) is 2.90. The number of aromatic amines is 1. The summed E-state index contributed by atoms with van der Waals surface area (Å²) in [4.78, 5) is 42.8. The van der Waals surface area contributed by atoms with Crippen molar-refractivity contribution >= 4 is 10.8 Å². The summed E-state index contributed by atoms with van der Waals surface area (Å²) < 4.78 is 8.03. The van der Waals surface area contributed by atoms with Crippen molar-refractivity contribution < 1.29 is 4.52 Å². The van der Waals surface area contributed by atoms with E-state index in [1.807, 2.05) is 12.1 Å². The third-order valence-electron chi connectivity index (χ3n) is 4.39. The second kappa shape index (κ2) is 6.20. The summed E-state index contributed by atoms with van der Waals surface area (Å²) >= 11 is 0. The molecule has 0 atom stereocenters. The Balaban J connectivity index is 1.88. The van der Waals surface area contributed by atoms with Crippen LogP contribution in [0.3, 0.4) is 0 Å². The second-order valence-corrected chi connectivity index (χ2v) is 5.99. The monoisotopic (exact) mass is 365 g/mol. The smallest absolute Gasteiger partial charge is 0.328 e. The zero-order valence-electron chi connectivity index (χ0n) is 14.6. The molecule has 9 heteroatoms. The van der Waals surface area contributed by atoms with Crippen LogP contribution < -0.4 is 16.8 Å². The zero-order valence-corrected chi connectivity index (χ0v) is 14.6. The van der Waals surface area contributed by atoms with E-state index in [0.29, 0.717) is 17.6 Å². The summed E-state index contributed by atoms with van der Waals surface area (Å²) in [7, 11) is 1.61. The molecule has 0 aliphatic heterocycles. The summed E-state index contributed by atoms with van der Waals surface area (Å²) in [6.45, 7) is 2.16. The number of nitrogens with zero attached hydrogens (tertiary/aromatic N) is 4. The molecule has 3 aromatic heterocycles. The molecule has 0 fully saturated rings. The van der Waals surface area contributed by atoms with E-state index in [1.165, 1.54) is 15.3 Å². The number of pyridine rings is 1. The molecule has 0 aliphatic rings. The Kier molecular flexibility index (Phi) is 3.84. The van der Waals surface area contributed by atoms with E-state index in [2.05, 4.69) is 15.1 Å². The molecule has 1 N–H and O–H groups in total. The summed E-state index contributed by atoms with van der Waals surface area (Å²) in [6, 6.07) is 8.96. The van der Waals surface area contributed by atoms with Gasteiger partial charge in [-0.25, -0.2) is 4.79 Å². The van der Waals surface area contributed by atoms with E-state index >= 15 is 0 Å². The minimum atomic E-state index is -0.607. The Hall–Kier alpha value is -3.75. The zero-order chi connectivity index (χ0) is 19.1. The normalized spacial score (nSPS) is 11.2. The second-order valence-electron chi connectivity index (χ2n) is 5.99. The van der Waals surface area contributed by atoms with Gasteiger partial charge >= 0.3 is 5.69 Å². The topological polar surface area (TPSA) is 116 Å². The van der Waals surface area contributed by atoms with E-state index in [9.17, 15) is 14.4 Å². The van der Waals surface area contributed by atoms with Crippen LogP contribution in [0.1, 0.15) is 6.92 Å². The molecule has 1 aromatic carbocycles. The van der Waals surface area contributed by atoms with E-state index in [-0.39, 0.29) is 22.8 Å². The number of aryl methyl sites for hydroxylation is 1. The van der Waals surface area contributed by atoms with E-state index < -0.39 is 11.2 Å². The SMILES string of the molecule is CCn1cc(-c2noc(-c3cc4ccccc4c(=O)n3C)n2)c(=O)[nH]c1=O. The predicted octanol–water partition coefficient (Wildman–Crippen LogP) is 1.13. The number of benzene rings is 1. The lowest BCUT2D eigenvalue weighted by molar-refractivity contribution is 0.429. The molecule has 0 unspecified atom stereocenters. The summed E-state index contributed by atoms with van der Waals surface area (Å²) in [5.74, 6) is 0.137. The number of hydrogen-bond acceptors (Lipinski definition) is 6. The minimum Gasteiger partial charge on any atom is -0.332 e. The Labute approximate surface area is 151 Å². The minimum absolute atomic E-state index is 0.0362. The van der Waals surface area contributed by atoms with Gasteiger partial charge < -0.3 is 13.7 Å². The van der Waals surface area contributed by atoms with Crippen molar-refractivity contribution in [3.63, 3.8) is 0 Å². The first-order valence-corrected chi connectivity index (χ1v) is 8.26. The van der Waals surface area contributed by atoms with Crippen molar-refractivity contribution in [1.29, 1.82) is 0 Å². The van der Waals surface area contributed by atoms with Gasteiger partial charge in [0.2, 0.25) is 5.82 Å². The third kappa shape index (κ3) is 2.69. The third-order valence-corrected chi connectivity index (χ3v) is 4.39. The summed E-state index contributed by atoms with van der Waals surface area (Å²) in [5, 5.41) is 5.16. The predicted molar refractivity (Wildman–Crippen MR) is 98.5 cm³/mol. The van der Waals surface area contributed by atoms with Gasteiger partial charge in [0, 0.05) is 25.2 Å². The lowest BCUT2D eigenvalue weighted by Crippen LogP contribution is -2.30. The Morgan fingerprint density at radius 2 is 1.96 bits per heavy atom. The van der Waals surface area contributed by atoms with Gasteiger partial charge in [0.15, 0.2) is 0 Å². The lowest BCUT2D eigenvalue weighted by Gasteiger charge is -2.06. The van der Waals surface area contributed by atoms with Crippen LogP contribution in [0.2, 0.25) is 0 Å². The van der Waals surface area contributed by atoms with Crippen molar-refractivity contribution in [2.45, 2.75) is 13.5 Å². The van der Waals surface area contributed by atoms with Crippen molar-refractivity contribution in [3.05, 3.63) is 67.7 Å².